The number of amides is 1. The summed E-state index contributed by atoms with van der Waals surface area (Å²) in [5.74, 6) is -0.934. The van der Waals surface area contributed by atoms with Crippen LogP contribution < -0.4 is 10.1 Å². The fourth-order valence-electron chi connectivity index (χ4n) is 2.75. The summed E-state index contributed by atoms with van der Waals surface area (Å²) in [6.07, 6.45) is -3.72. The van der Waals surface area contributed by atoms with E-state index < -0.39 is 18.0 Å². The molecule has 1 aliphatic rings. The Balaban J connectivity index is 1.72. The highest BCUT2D eigenvalue weighted by Gasteiger charge is 2.34. The zero-order chi connectivity index (χ0) is 19.1. The number of Topliss-reactive ketones (excluding diaryl/α,β-unsaturated/α-hetero) is 1. The van der Waals surface area contributed by atoms with Gasteiger partial charge < -0.3 is 4.74 Å². The van der Waals surface area contributed by atoms with Gasteiger partial charge in [-0.1, -0.05) is 25.2 Å². The molecule has 5 nitrogen and oxygen atoms in total. The zero-order valence-corrected chi connectivity index (χ0v) is 14.8. The first-order valence-corrected chi connectivity index (χ1v) is 8.54. The number of thiazole rings is 1. The van der Waals surface area contributed by atoms with Crippen molar-refractivity contribution in [2.75, 3.05) is 5.32 Å². The zero-order valence-electron chi connectivity index (χ0n) is 13.9. The molecule has 0 bridgehead atoms. The first-order chi connectivity index (χ1) is 12.0. The normalized spacial score (nSPS) is 16.1. The van der Waals surface area contributed by atoms with Crippen LogP contribution in [0.15, 0.2) is 24.3 Å². The van der Waals surface area contributed by atoms with Crippen LogP contribution in [0.1, 0.15) is 46.0 Å². The van der Waals surface area contributed by atoms with E-state index in [2.05, 4.69) is 15.0 Å². The number of hydrogen-bond acceptors (Lipinski definition) is 5. The van der Waals surface area contributed by atoms with E-state index >= 15 is 0 Å². The Morgan fingerprint density at radius 3 is 2.50 bits per heavy atom. The summed E-state index contributed by atoms with van der Waals surface area (Å²) in [5.41, 5.74) is 0.646. The van der Waals surface area contributed by atoms with Gasteiger partial charge in [0.25, 0.3) is 5.91 Å². The minimum atomic E-state index is -4.79. The number of carbonyl (C=O) groups excluding carboxylic acids is 2. The SMILES string of the molecule is CC1(C)CC(=O)c2sc(NC(=O)c3ccc(OC(F)(F)F)cc3)nc2C1. The number of carbonyl (C=O) groups is 2. The topological polar surface area (TPSA) is 68.3 Å². The molecular formula is C17H15F3N2O3S. The summed E-state index contributed by atoms with van der Waals surface area (Å²) in [4.78, 5) is 29.3. The van der Waals surface area contributed by atoms with E-state index in [9.17, 15) is 22.8 Å². The number of rotatable bonds is 3. The van der Waals surface area contributed by atoms with Crippen molar-refractivity contribution in [1.29, 1.82) is 0 Å². The van der Waals surface area contributed by atoms with Crippen molar-refractivity contribution in [2.24, 2.45) is 5.41 Å². The van der Waals surface area contributed by atoms with Crippen molar-refractivity contribution in [1.82, 2.24) is 4.98 Å². The van der Waals surface area contributed by atoms with E-state index in [1.807, 2.05) is 13.8 Å². The van der Waals surface area contributed by atoms with Gasteiger partial charge in [-0.3, -0.25) is 14.9 Å². The predicted molar refractivity (Wildman–Crippen MR) is 89.6 cm³/mol. The molecule has 1 aromatic carbocycles. The maximum absolute atomic E-state index is 12.2. The van der Waals surface area contributed by atoms with Gasteiger partial charge in [0.15, 0.2) is 10.9 Å². The van der Waals surface area contributed by atoms with Crippen LogP contribution in [0.4, 0.5) is 18.3 Å². The van der Waals surface area contributed by atoms with Crippen molar-refractivity contribution < 1.29 is 27.5 Å². The molecule has 1 heterocycles. The van der Waals surface area contributed by atoms with E-state index in [4.69, 9.17) is 0 Å². The number of ketones is 1. The van der Waals surface area contributed by atoms with E-state index in [1.165, 1.54) is 12.1 Å². The van der Waals surface area contributed by atoms with Crippen molar-refractivity contribution in [3.8, 4) is 5.75 Å². The van der Waals surface area contributed by atoms with E-state index in [0.29, 0.717) is 28.5 Å². The van der Waals surface area contributed by atoms with Crippen LogP contribution in [-0.4, -0.2) is 23.0 Å². The Bertz CT molecular complexity index is 857. The lowest BCUT2D eigenvalue weighted by atomic mass is 9.78. The Kier molecular flexibility index (Phi) is 4.51. The number of aromatic nitrogens is 1. The molecule has 138 valence electrons. The smallest absolute Gasteiger partial charge is 0.406 e. The lowest BCUT2D eigenvalue weighted by Gasteiger charge is -2.26. The second-order valence-corrected chi connectivity index (χ2v) is 7.76. The first-order valence-electron chi connectivity index (χ1n) is 7.72. The van der Waals surface area contributed by atoms with Gasteiger partial charge in [0.05, 0.1) is 10.6 Å². The number of nitrogens with zero attached hydrogens (tertiary/aromatic N) is 1. The van der Waals surface area contributed by atoms with Crippen LogP contribution in [0.3, 0.4) is 0 Å². The number of ether oxygens (including phenoxy) is 1. The standard InChI is InChI=1S/C17H15F3N2O3S/c1-16(2)7-11-13(12(23)8-16)26-15(21-11)22-14(24)9-3-5-10(6-4-9)25-17(18,19)20/h3-6H,7-8H2,1-2H3,(H,21,22,24). The molecule has 1 amide bonds. The molecule has 0 aliphatic heterocycles. The molecule has 0 atom stereocenters. The van der Waals surface area contributed by atoms with Gasteiger partial charge in [-0.15, -0.1) is 13.2 Å². The predicted octanol–water partition coefficient (Wildman–Crippen LogP) is 4.45. The van der Waals surface area contributed by atoms with Gasteiger partial charge >= 0.3 is 6.36 Å². The number of hydrogen-bond donors (Lipinski definition) is 1. The average Bonchev–Trinajstić information content (AvgIpc) is 2.87. The summed E-state index contributed by atoms with van der Waals surface area (Å²) in [6.45, 7) is 3.96. The minimum absolute atomic E-state index is 0.00269. The Morgan fingerprint density at radius 1 is 1.23 bits per heavy atom. The molecule has 1 N–H and O–H groups in total. The molecule has 1 aromatic heterocycles. The summed E-state index contributed by atoms with van der Waals surface area (Å²) in [5, 5.41) is 2.88. The first kappa shape index (κ1) is 18.4. The summed E-state index contributed by atoms with van der Waals surface area (Å²) in [7, 11) is 0. The number of nitrogens with one attached hydrogen (secondary N) is 1. The summed E-state index contributed by atoms with van der Waals surface area (Å²) in [6, 6.07) is 4.55. The molecule has 26 heavy (non-hydrogen) atoms. The number of anilines is 1. The molecule has 3 rings (SSSR count). The third kappa shape index (κ3) is 4.21. The highest BCUT2D eigenvalue weighted by atomic mass is 32.1. The van der Waals surface area contributed by atoms with E-state index in [1.54, 1.807) is 0 Å². The van der Waals surface area contributed by atoms with Crippen LogP contribution in [0, 0.1) is 5.41 Å². The molecule has 0 spiro atoms. The van der Waals surface area contributed by atoms with E-state index in [0.717, 1.165) is 23.5 Å². The Morgan fingerprint density at radius 2 is 1.88 bits per heavy atom. The number of fused-ring (bicyclic) bond motifs is 1. The maximum Gasteiger partial charge on any atom is 0.573 e. The quantitative estimate of drug-likeness (QED) is 0.849. The van der Waals surface area contributed by atoms with Crippen LogP contribution in [0.25, 0.3) is 0 Å². The molecule has 0 unspecified atom stereocenters. The number of benzene rings is 1. The Labute approximate surface area is 151 Å². The fourth-order valence-corrected chi connectivity index (χ4v) is 3.67. The molecule has 1 aliphatic carbocycles. The monoisotopic (exact) mass is 384 g/mol. The molecular weight excluding hydrogens is 369 g/mol. The van der Waals surface area contributed by atoms with Crippen molar-refractivity contribution in [2.45, 2.75) is 33.1 Å². The largest absolute Gasteiger partial charge is 0.573 e. The fraction of sp³-hybridized carbons (Fsp3) is 0.353. The van der Waals surface area contributed by atoms with Gasteiger partial charge in [-0.05, 0) is 36.1 Å². The molecule has 0 radical (unpaired) electrons. The van der Waals surface area contributed by atoms with Crippen LogP contribution in [-0.2, 0) is 6.42 Å². The van der Waals surface area contributed by atoms with Gasteiger partial charge in [0.1, 0.15) is 5.75 Å². The average molecular weight is 384 g/mol. The summed E-state index contributed by atoms with van der Waals surface area (Å²) < 4.78 is 40.2. The van der Waals surface area contributed by atoms with Crippen molar-refractivity contribution in [3.63, 3.8) is 0 Å². The molecule has 2 aromatic rings. The number of alkyl halides is 3. The Hall–Kier alpha value is -2.42. The molecule has 0 saturated carbocycles. The second kappa shape index (κ2) is 6.39. The third-order valence-corrected chi connectivity index (χ3v) is 4.86. The van der Waals surface area contributed by atoms with Crippen molar-refractivity contribution in [3.05, 3.63) is 40.4 Å². The van der Waals surface area contributed by atoms with Gasteiger partial charge in [-0.25, -0.2) is 4.98 Å². The second-order valence-electron chi connectivity index (χ2n) is 6.76. The lowest BCUT2D eigenvalue weighted by molar-refractivity contribution is -0.274. The third-order valence-electron chi connectivity index (χ3n) is 3.81. The minimum Gasteiger partial charge on any atom is -0.406 e. The van der Waals surface area contributed by atoms with Gasteiger partial charge in [0, 0.05) is 12.0 Å². The lowest BCUT2D eigenvalue weighted by Crippen LogP contribution is -2.26. The van der Waals surface area contributed by atoms with Crippen LogP contribution in [0.5, 0.6) is 5.75 Å². The van der Waals surface area contributed by atoms with Gasteiger partial charge in [0.2, 0.25) is 0 Å². The van der Waals surface area contributed by atoms with Crippen LogP contribution in [0.2, 0.25) is 0 Å². The van der Waals surface area contributed by atoms with Crippen molar-refractivity contribution >= 4 is 28.2 Å². The number of halogens is 3. The highest BCUT2D eigenvalue weighted by Crippen LogP contribution is 2.38. The molecule has 0 saturated heterocycles. The highest BCUT2D eigenvalue weighted by molar-refractivity contribution is 7.17. The van der Waals surface area contributed by atoms with Crippen LogP contribution >= 0.6 is 11.3 Å². The maximum atomic E-state index is 12.2. The molecule has 9 heteroatoms. The van der Waals surface area contributed by atoms with Gasteiger partial charge in [-0.2, -0.15) is 0 Å². The summed E-state index contributed by atoms with van der Waals surface area (Å²) >= 11 is 1.11. The van der Waals surface area contributed by atoms with E-state index in [-0.39, 0.29) is 16.8 Å². The molecule has 0 fully saturated rings.